The summed E-state index contributed by atoms with van der Waals surface area (Å²) in [5, 5.41) is 29.8. The van der Waals surface area contributed by atoms with E-state index in [2.05, 4.69) is 22.9 Å². The maximum Gasteiger partial charge on any atom is 0.472 e. The fraction of sp³-hybridized carbons (Fsp3) is 0.702. The molecule has 0 aromatic carbocycles. The van der Waals surface area contributed by atoms with Crippen LogP contribution < -0.4 is 0 Å². The molecule has 1 unspecified atom stereocenters. The Kier molecular flexibility index (Phi) is 39.1. The first-order chi connectivity index (χ1) is 30.5. The van der Waals surface area contributed by atoms with E-state index in [1.807, 2.05) is 37.3 Å². The van der Waals surface area contributed by atoms with Gasteiger partial charge in [-0.1, -0.05) is 177 Å². The first kappa shape index (κ1) is 61.5. The number of aliphatic hydroxyl groups excluding tert-OH is 3. The maximum absolute atomic E-state index is 12.7. The van der Waals surface area contributed by atoms with Gasteiger partial charge in [-0.05, 0) is 44.4 Å². The van der Waals surface area contributed by atoms with Gasteiger partial charge in [0.15, 0.2) is 6.10 Å². The van der Waals surface area contributed by atoms with E-state index in [0.29, 0.717) is 32.1 Å². The van der Waals surface area contributed by atoms with Crippen molar-refractivity contribution >= 4 is 27.6 Å². The second kappa shape index (κ2) is 40.7. The summed E-state index contributed by atoms with van der Waals surface area (Å²) < 4.78 is 47.7. The fourth-order valence-corrected chi connectivity index (χ4v) is 7.08. The Morgan fingerprint density at radius 2 is 1.12 bits per heavy atom. The summed E-state index contributed by atoms with van der Waals surface area (Å²) in [6.45, 7) is 3.67. The third kappa shape index (κ3) is 44.7. The lowest BCUT2D eigenvalue weighted by molar-refractivity contribution is -0.161. The van der Waals surface area contributed by atoms with Gasteiger partial charge in [0, 0.05) is 12.8 Å². The van der Waals surface area contributed by atoms with E-state index < -0.39 is 78.4 Å². The molecule has 0 bridgehead atoms. The van der Waals surface area contributed by atoms with Crippen molar-refractivity contribution < 1.29 is 71.8 Å². The van der Waals surface area contributed by atoms with Gasteiger partial charge in [0.1, 0.15) is 12.7 Å². The Hall–Kier alpha value is -2.52. The summed E-state index contributed by atoms with van der Waals surface area (Å²) in [4.78, 5) is 52.8. The summed E-state index contributed by atoms with van der Waals surface area (Å²) in [6.07, 6.45) is 36.9. The molecule has 0 aliphatic carbocycles. The van der Waals surface area contributed by atoms with E-state index in [1.165, 1.54) is 64.2 Å². The highest BCUT2D eigenvalue weighted by Gasteiger charge is 2.28. The van der Waals surface area contributed by atoms with Crippen LogP contribution in [0.5, 0.6) is 0 Å². The zero-order chi connectivity index (χ0) is 47.7. The standard InChI is InChI=1S/C47H82O15P2/c1-4-5-23-31-42(48)32-25-19-15-13-16-20-26-33-43(49)34-27-22-29-36-47(52)62-45(40-61-64(56,57)60-38-44(50)37-59-63(53,54)55)39-58-46(51)35-28-21-17-12-10-8-6-7-9-11-14-18-24-30-41(2)3/h5,15-16,19-20,23,25-27,32-34,41-45,48-50H,4,6-14,17-18,21-22,24,28-31,35-40H2,1-3H3,(H,56,57)(H2,53,54,55)/b19-15-,20-16-,23-5-,32-25+,33-26+,34-27-/t42-,43-,44-,45+/m0/s1. The number of carbonyl (C=O) groups excluding carboxylic acids is 2. The number of hydrogen-bond donors (Lipinski definition) is 6. The number of aliphatic hydroxyl groups is 3. The second-order valence-electron chi connectivity index (χ2n) is 16.2. The smallest absolute Gasteiger partial charge is 0.462 e. The van der Waals surface area contributed by atoms with Gasteiger partial charge in [0.05, 0.1) is 32.0 Å². The average Bonchev–Trinajstić information content (AvgIpc) is 3.23. The molecule has 17 heteroatoms. The third-order valence-electron chi connectivity index (χ3n) is 9.45. The average molecular weight is 949 g/mol. The topological polar surface area (TPSA) is 236 Å². The quantitative estimate of drug-likeness (QED) is 0.0110. The van der Waals surface area contributed by atoms with E-state index in [1.54, 1.807) is 42.5 Å². The van der Waals surface area contributed by atoms with Crippen LogP contribution in [0.25, 0.3) is 0 Å². The zero-order valence-electron chi connectivity index (χ0n) is 38.7. The lowest BCUT2D eigenvalue weighted by Crippen LogP contribution is -2.29. The number of ether oxygens (including phenoxy) is 2. The Bertz CT molecular complexity index is 1450. The minimum Gasteiger partial charge on any atom is -0.462 e. The highest BCUT2D eigenvalue weighted by atomic mass is 31.2. The molecular formula is C47H82O15P2. The Morgan fingerprint density at radius 3 is 1.72 bits per heavy atom. The van der Waals surface area contributed by atoms with Crippen molar-refractivity contribution in [2.24, 2.45) is 5.92 Å². The van der Waals surface area contributed by atoms with Crippen LogP contribution >= 0.6 is 15.6 Å². The summed E-state index contributed by atoms with van der Waals surface area (Å²) in [5.74, 6) is -0.424. The third-order valence-corrected chi connectivity index (χ3v) is 10.9. The summed E-state index contributed by atoms with van der Waals surface area (Å²) in [6, 6.07) is 0. The Balaban J connectivity index is 4.73. The zero-order valence-corrected chi connectivity index (χ0v) is 40.5. The second-order valence-corrected chi connectivity index (χ2v) is 18.9. The SMILES string of the molecule is CC/C=C\C[C@H](O)/C=C/C=C\C/C=C\C=C\[C@H](O)/C=C\CCCC(=O)O[C@H](COC(=O)CCCCCCCCCCCCCCCC(C)C)COP(=O)(O)OC[C@@H](O)COP(=O)(O)O. The molecule has 0 aliphatic heterocycles. The largest absolute Gasteiger partial charge is 0.472 e. The predicted molar refractivity (Wildman–Crippen MR) is 251 cm³/mol. The fourth-order valence-electron chi connectivity index (χ4n) is 5.92. The number of esters is 2. The van der Waals surface area contributed by atoms with Gasteiger partial charge in [0.2, 0.25) is 0 Å². The lowest BCUT2D eigenvalue weighted by Gasteiger charge is -2.20. The number of allylic oxidation sites excluding steroid dienone is 8. The normalized spacial score (nSPS) is 15.7. The van der Waals surface area contributed by atoms with E-state index in [-0.39, 0.29) is 12.8 Å². The van der Waals surface area contributed by atoms with Crippen LogP contribution in [0.15, 0.2) is 72.9 Å². The van der Waals surface area contributed by atoms with Crippen LogP contribution in [-0.4, -0.2) is 92.8 Å². The monoisotopic (exact) mass is 949 g/mol. The van der Waals surface area contributed by atoms with Crippen LogP contribution in [0.1, 0.15) is 156 Å². The van der Waals surface area contributed by atoms with E-state index in [9.17, 15) is 38.9 Å². The summed E-state index contributed by atoms with van der Waals surface area (Å²) >= 11 is 0. The molecule has 0 fully saturated rings. The van der Waals surface area contributed by atoms with Crippen LogP contribution in [-0.2, 0) is 41.8 Å². The van der Waals surface area contributed by atoms with Crippen LogP contribution in [0.2, 0.25) is 0 Å². The van der Waals surface area contributed by atoms with Gasteiger partial charge >= 0.3 is 27.6 Å². The molecule has 6 N–H and O–H groups in total. The molecule has 0 radical (unpaired) electrons. The minimum absolute atomic E-state index is 0.0569. The summed E-state index contributed by atoms with van der Waals surface area (Å²) in [7, 11) is -9.76. The van der Waals surface area contributed by atoms with Crippen LogP contribution in [0.4, 0.5) is 0 Å². The molecule has 0 saturated heterocycles. The molecule has 0 heterocycles. The van der Waals surface area contributed by atoms with E-state index >= 15 is 0 Å². The van der Waals surface area contributed by atoms with Gasteiger partial charge in [-0.2, -0.15) is 0 Å². The van der Waals surface area contributed by atoms with Gasteiger partial charge < -0.3 is 39.5 Å². The Morgan fingerprint density at radius 1 is 0.578 bits per heavy atom. The van der Waals surface area contributed by atoms with Crippen molar-refractivity contribution in [1.82, 2.24) is 0 Å². The molecule has 0 saturated carbocycles. The number of unbranched alkanes of at least 4 members (excludes halogenated alkanes) is 13. The number of phosphoric ester groups is 2. The molecule has 0 aliphatic rings. The molecule has 0 aromatic heterocycles. The molecule has 15 nitrogen and oxygen atoms in total. The van der Waals surface area contributed by atoms with Crippen molar-refractivity contribution in [3.63, 3.8) is 0 Å². The van der Waals surface area contributed by atoms with Crippen molar-refractivity contribution in [1.29, 1.82) is 0 Å². The number of rotatable bonds is 42. The van der Waals surface area contributed by atoms with Crippen LogP contribution in [0.3, 0.4) is 0 Å². The Labute approximate surface area is 383 Å². The van der Waals surface area contributed by atoms with Gasteiger partial charge in [-0.15, -0.1) is 0 Å². The number of phosphoric acid groups is 2. The highest BCUT2D eigenvalue weighted by Crippen LogP contribution is 2.43. The van der Waals surface area contributed by atoms with E-state index in [4.69, 9.17) is 23.8 Å². The van der Waals surface area contributed by atoms with Gasteiger partial charge in [0.25, 0.3) is 0 Å². The predicted octanol–water partition coefficient (Wildman–Crippen LogP) is 9.97. The van der Waals surface area contributed by atoms with Crippen molar-refractivity contribution in [2.45, 2.75) is 180 Å². The van der Waals surface area contributed by atoms with Crippen LogP contribution in [0, 0.1) is 5.92 Å². The molecular weight excluding hydrogens is 866 g/mol. The van der Waals surface area contributed by atoms with Crippen molar-refractivity contribution in [3.8, 4) is 0 Å². The number of carbonyl (C=O) groups is 2. The maximum atomic E-state index is 12.7. The first-order valence-corrected chi connectivity index (χ1v) is 26.2. The molecule has 64 heavy (non-hydrogen) atoms. The van der Waals surface area contributed by atoms with E-state index in [0.717, 1.165) is 31.6 Å². The lowest BCUT2D eigenvalue weighted by atomic mass is 10.0. The van der Waals surface area contributed by atoms with Crippen molar-refractivity contribution in [3.05, 3.63) is 72.9 Å². The van der Waals surface area contributed by atoms with Gasteiger partial charge in [-0.3, -0.25) is 23.2 Å². The molecule has 0 rings (SSSR count). The molecule has 0 amide bonds. The molecule has 0 aromatic rings. The molecule has 370 valence electrons. The summed E-state index contributed by atoms with van der Waals surface area (Å²) in [5.41, 5.74) is 0. The van der Waals surface area contributed by atoms with Gasteiger partial charge in [-0.25, -0.2) is 9.13 Å². The highest BCUT2D eigenvalue weighted by molar-refractivity contribution is 7.47. The number of hydrogen-bond acceptors (Lipinski definition) is 12. The minimum atomic E-state index is -4.89. The van der Waals surface area contributed by atoms with Crippen molar-refractivity contribution in [2.75, 3.05) is 26.4 Å². The molecule has 0 spiro atoms. The molecule has 5 atom stereocenters. The first-order valence-electron chi connectivity index (χ1n) is 23.2.